The number of aliphatic carboxylic acids is 1. The normalized spacial score (nSPS) is 13.1. The molecule has 0 saturated carbocycles. The molecule has 27 heavy (non-hydrogen) atoms. The van der Waals surface area contributed by atoms with E-state index in [1.807, 2.05) is 13.8 Å². The van der Waals surface area contributed by atoms with Gasteiger partial charge in [-0.05, 0) is 63.2 Å². The lowest BCUT2D eigenvalue weighted by Gasteiger charge is -2.30. The van der Waals surface area contributed by atoms with E-state index in [9.17, 15) is 13.2 Å². The van der Waals surface area contributed by atoms with E-state index in [0.717, 1.165) is 44.9 Å². The number of nitrogens with two attached hydrogens (primary N) is 1. The topological polar surface area (TPSA) is 107 Å². The van der Waals surface area contributed by atoms with Crippen LogP contribution < -0.4 is 5.14 Å². The Kier molecular flexibility index (Phi) is 12.4. The van der Waals surface area contributed by atoms with Gasteiger partial charge in [0, 0.05) is 13.2 Å². The highest BCUT2D eigenvalue weighted by Gasteiger charge is 2.37. The summed E-state index contributed by atoms with van der Waals surface area (Å²) in [6.45, 7) is 9.17. The molecule has 0 fully saturated rings. The summed E-state index contributed by atoms with van der Waals surface area (Å²) in [4.78, 5) is 11.1. The molecular weight excluding hydrogens is 366 g/mol. The van der Waals surface area contributed by atoms with Gasteiger partial charge in [-0.2, -0.15) is 0 Å². The molecule has 0 aromatic heterocycles. The first-order valence-electron chi connectivity index (χ1n) is 10.4. The van der Waals surface area contributed by atoms with Crippen LogP contribution >= 0.6 is 0 Å². The molecule has 0 aromatic carbocycles. The van der Waals surface area contributed by atoms with Crippen molar-refractivity contribution >= 4 is 16.0 Å². The van der Waals surface area contributed by atoms with Crippen molar-refractivity contribution < 1.29 is 23.1 Å². The average molecular weight is 408 g/mol. The fraction of sp³-hybridized carbons (Fsp3) is 0.950. The maximum absolute atomic E-state index is 11.9. The molecule has 0 heterocycles. The molecule has 0 saturated heterocycles. The van der Waals surface area contributed by atoms with Crippen LogP contribution in [0.3, 0.4) is 0 Å². The van der Waals surface area contributed by atoms with Crippen molar-refractivity contribution in [3.63, 3.8) is 0 Å². The second-order valence-corrected chi connectivity index (χ2v) is 9.70. The summed E-state index contributed by atoms with van der Waals surface area (Å²) in [5.41, 5.74) is -0.0941. The van der Waals surface area contributed by atoms with E-state index in [4.69, 9.17) is 15.0 Å². The maximum Gasteiger partial charge on any atom is 0.303 e. The lowest BCUT2D eigenvalue weighted by Crippen LogP contribution is -2.42. The van der Waals surface area contributed by atoms with Crippen LogP contribution in [0.1, 0.15) is 98.3 Å². The Morgan fingerprint density at radius 1 is 0.889 bits per heavy atom. The maximum atomic E-state index is 11.9. The van der Waals surface area contributed by atoms with E-state index >= 15 is 0 Å². The van der Waals surface area contributed by atoms with E-state index < -0.39 is 20.7 Å². The van der Waals surface area contributed by atoms with E-state index in [0.29, 0.717) is 32.5 Å². The zero-order valence-electron chi connectivity index (χ0n) is 17.8. The number of hydrogen-bond donors (Lipinski definition) is 2. The van der Waals surface area contributed by atoms with E-state index in [2.05, 4.69) is 13.8 Å². The van der Waals surface area contributed by atoms with Crippen LogP contribution in [0.2, 0.25) is 0 Å². The Morgan fingerprint density at radius 3 is 1.74 bits per heavy atom. The smallest absolute Gasteiger partial charge is 0.303 e. The number of carbonyl (C=O) groups is 1. The molecule has 0 unspecified atom stereocenters. The van der Waals surface area contributed by atoms with E-state index in [1.54, 1.807) is 0 Å². The van der Waals surface area contributed by atoms with Crippen LogP contribution in [0.4, 0.5) is 0 Å². The Bertz CT molecular complexity index is 510. The number of unbranched alkanes of at least 4 members (excludes halogenated alkanes) is 2. The summed E-state index contributed by atoms with van der Waals surface area (Å²) in [6.07, 6.45) is 8.08. The Labute approximate surface area is 166 Å². The predicted octanol–water partition coefficient (Wildman–Crippen LogP) is 4.47. The number of rotatable bonds is 17. The molecule has 0 aliphatic carbocycles. The van der Waals surface area contributed by atoms with Crippen molar-refractivity contribution in [1.29, 1.82) is 0 Å². The Balaban J connectivity index is 4.03. The van der Waals surface area contributed by atoms with Gasteiger partial charge in [0.1, 0.15) is 0 Å². The molecule has 0 aliphatic rings. The predicted molar refractivity (Wildman–Crippen MR) is 110 cm³/mol. The Morgan fingerprint density at radius 2 is 1.37 bits per heavy atom. The summed E-state index contributed by atoms with van der Waals surface area (Å²) in [7, 11) is -3.54. The van der Waals surface area contributed by atoms with Crippen molar-refractivity contribution in [3.8, 4) is 0 Å². The zero-order chi connectivity index (χ0) is 21.0. The minimum Gasteiger partial charge on any atom is -0.481 e. The van der Waals surface area contributed by atoms with Crippen LogP contribution in [0.5, 0.6) is 0 Å². The Hall–Kier alpha value is -0.660. The SMILES string of the molecule is CCC(CC)(CCCCOCCCCC(CC)(CC)S(N)(=O)=O)CC(=O)O. The highest BCUT2D eigenvalue weighted by molar-refractivity contribution is 7.90. The third-order valence-electron chi connectivity index (χ3n) is 6.34. The fourth-order valence-electron chi connectivity index (χ4n) is 3.87. The molecule has 0 spiro atoms. The van der Waals surface area contributed by atoms with Gasteiger partial charge < -0.3 is 9.84 Å². The van der Waals surface area contributed by atoms with Crippen LogP contribution in [-0.4, -0.2) is 37.5 Å². The van der Waals surface area contributed by atoms with Gasteiger partial charge >= 0.3 is 5.97 Å². The second kappa shape index (κ2) is 12.7. The molecule has 0 aromatic rings. The lowest BCUT2D eigenvalue weighted by molar-refractivity contribution is -0.140. The van der Waals surface area contributed by atoms with Gasteiger partial charge in [-0.1, -0.05) is 34.1 Å². The second-order valence-electron chi connectivity index (χ2n) is 7.74. The third kappa shape index (κ3) is 8.92. The summed E-state index contributed by atoms with van der Waals surface area (Å²) < 4.78 is 28.6. The number of ether oxygens (including phenoxy) is 1. The van der Waals surface area contributed by atoms with Crippen molar-refractivity contribution in [2.75, 3.05) is 13.2 Å². The summed E-state index contributed by atoms with van der Waals surface area (Å²) >= 11 is 0. The highest BCUT2D eigenvalue weighted by Crippen LogP contribution is 2.36. The minimum atomic E-state index is -3.54. The van der Waals surface area contributed by atoms with Gasteiger partial charge in [-0.25, -0.2) is 13.6 Å². The molecule has 0 amide bonds. The molecular formula is C20H41NO5S. The van der Waals surface area contributed by atoms with Gasteiger partial charge in [0.15, 0.2) is 0 Å². The number of carboxylic acids is 1. The first-order valence-corrected chi connectivity index (χ1v) is 12.0. The molecule has 0 rings (SSSR count). The van der Waals surface area contributed by atoms with Crippen molar-refractivity contribution in [2.45, 2.75) is 103 Å². The van der Waals surface area contributed by atoms with Crippen LogP contribution in [-0.2, 0) is 19.6 Å². The summed E-state index contributed by atoms with van der Waals surface area (Å²) in [6, 6.07) is 0. The van der Waals surface area contributed by atoms with Gasteiger partial charge in [0.2, 0.25) is 10.0 Å². The molecule has 6 nitrogen and oxygen atoms in total. The molecule has 0 bridgehead atoms. The highest BCUT2D eigenvalue weighted by atomic mass is 32.2. The monoisotopic (exact) mass is 407 g/mol. The largest absolute Gasteiger partial charge is 0.481 e. The van der Waals surface area contributed by atoms with Crippen molar-refractivity contribution in [3.05, 3.63) is 0 Å². The van der Waals surface area contributed by atoms with E-state index in [1.165, 1.54) is 0 Å². The number of carboxylic acid groups (broad SMARTS) is 1. The summed E-state index contributed by atoms with van der Waals surface area (Å²) in [5.74, 6) is -0.718. The van der Waals surface area contributed by atoms with Gasteiger partial charge in [0.25, 0.3) is 0 Å². The lowest BCUT2D eigenvalue weighted by atomic mass is 9.75. The van der Waals surface area contributed by atoms with Gasteiger partial charge in [-0.3, -0.25) is 4.79 Å². The summed E-state index contributed by atoms with van der Waals surface area (Å²) in [5, 5.41) is 14.5. The quantitative estimate of drug-likeness (QED) is 0.346. The number of hydrogen-bond acceptors (Lipinski definition) is 4. The fourth-order valence-corrected chi connectivity index (χ4v) is 5.10. The van der Waals surface area contributed by atoms with Crippen molar-refractivity contribution in [2.24, 2.45) is 10.6 Å². The molecule has 0 atom stereocenters. The van der Waals surface area contributed by atoms with E-state index in [-0.39, 0.29) is 11.8 Å². The standard InChI is InChI=1S/C20H41NO5S/c1-5-19(6-2,17-18(22)23)13-9-11-15-26-16-12-10-14-20(7-3,8-4)27(21,24)25/h5-17H2,1-4H3,(H,22,23)(H2,21,24,25). The first kappa shape index (κ1) is 26.3. The van der Waals surface area contributed by atoms with Gasteiger partial charge in [-0.15, -0.1) is 0 Å². The molecule has 0 radical (unpaired) electrons. The number of sulfonamides is 1. The average Bonchev–Trinajstić information content (AvgIpc) is 2.61. The first-order chi connectivity index (χ1) is 12.6. The van der Waals surface area contributed by atoms with Crippen LogP contribution in [0.15, 0.2) is 0 Å². The van der Waals surface area contributed by atoms with Crippen LogP contribution in [0.25, 0.3) is 0 Å². The third-order valence-corrected chi connectivity index (χ3v) is 8.32. The van der Waals surface area contributed by atoms with Crippen LogP contribution in [0, 0.1) is 5.41 Å². The zero-order valence-corrected chi connectivity index (χ0v) is 18.6. The molecule has 3 N–H and O–H groups in total. The molecule has 162 valence electrons. The minimum absolute atomic E-state index is 0.0941. The number of primary sulfonamides is 1. The molecule has 7 heteroatoms. The van der Waals surface area contributed by atoms with Gasteiger partial charge in [0.05, 0.1) is 11.2 Å². The van der Waals surface area contributed by atoms with Crippen molar-refractivity contribution in [1.82, 2.24) is 0 Å². The molecule has 0 aliphatic heterocycles.